The third-order valence-electron chi connectivity index (χ3n) is 2.53. The normalized spacial score (nSPS) is 10.4. The van der Waals surface area contributed by atoms with Crippen LogP contribution in [0.25, 0.3) is 0 Å². The molecule has 6 nitrogen and oxygen atoms in total. The van der Waals surface area contributed by atoms with Crippen LogP contribution in [0.15, 0.2) is 18.2 Å². The number of amides is 1. The number of nitro groups is 1. The molecule has 0 spiro atoms. The third kappa shape index (κ3) is 5.44. The Morgan fingerprint density at radius 3 is 2.75 bits per heavy atom. The highest BCUT2D eigenvalue weighted by atomic mass is 35.5. The second-order valence-electron chi connectivity index (χ2n) is 4.69. The highest BCUT2D eigenvalue weighted by Crippen LogP contribution is 2.28. The number of halogens is 1. The van der Waals surface area contributed by atoms with Crippen molar-refractivity contribution in [1.82, 2.24) is 5.32 Å². The molecule has 1 amide bonds. The second-order valence-corrected chi connectivity index (χ2v) is 5.10. The van der Waals surface area contributed by atoms with Gasteiger partial charge < -0.3 is 10.1 Å². The van der Waals surface area contributed by atoms with Crippen LogP contribution in [0.4, 0.5) is 5.69 Å². The maximum Gasteiger partial charge on any atom is 0.271 e. The molecule has 1 aromatic rings. The van der Waals surface area contributed by atoms with E-state index in [1.807, 2.05) is 0 Å². The summed E-state index contributed by atoms with van der Waals surface area (Å²) in [5.41, 5.74) is -0.122. The van der Waals surface area contributed by atoms with Crippen molar-refractivity contribution in [2.75, 3.05) is 13.2 Å². The van der Waals surface area contributed by atoms with Crippen LogP contribution < -0.4 is 10.1 Å². The average Bonchev–Trinajstić information content (AvgIpc) is 2.36. The predicted molar refractivity (Wildman–Crippen MR) is 76.1 cm³/mol. The van der Waals surface area contributed by atoms with Gasteiger partial charge in [0.15, 0.2) is 6.61 Å². The van der Waals surface area contributed by atoms with E-state index in [1.165, 1.54) is 18.2 Å². The monoisotopic (exact) mass is 300 g/mol. The molecular formula is C13H17ClN2O4. The van der Waals surface area contributed by atoms with Gasteiger partial charge in [-0.25, -0.2) is 0 Å². The van der Waals surface area contributed by atoms with Crippen LogP contribution in [-0.2, 0) is 4.79 Å². The van der Waals surface area contributed by atoms with Gasteiger partial charge in [0.1, 0.15) is 5.75 Å². The number of carbonyl (C=O) groups is 1. The molecule has 1 rings (SSSR count). The standard InChI is InChI=1S/C13H17ClN2O4/c1-9(2)5-6-15-13(17)8-20-12-4-3-10(16(18)19)7-11(12)14/h3-4,7,9H,5-6,8H2,1-2H3,(H,15,17). The molecule has 0 heterocycles. The molecule has 0 unspecified atom stereocenters. The molecule has 110 valence electrons. The zero-order chi connectivity index (χ0) is 15.1. The van der Waals surface area contributed by atoms with Gasteiger partial charge in [0.2, 0.25) is 0 Å². The number of benzene rings is 1. The number of hydrogen-bond acceptors (Lipinski definition) is 4. The first kappa shape index (κ1) is 16.2. The van der Waals surface area contributed by atoms with E-state index in [1.54, 1.807) is 0 Å². The fourth-order valence-corrected chi connectivity index (χ4v) is 1.64. The molecule has 0 saturated carbocycles. The van der Waals surface area contributed by atoms with Crippen LogP contribution in [-0.4, -0.2) is 24.0 Å². The fraction of sp³-hybridized carbons (Fsp3) is 0.462. The third-order valence-corrected chi connectivity index (χ3v) is 2.82. The van der Waals surface area contributed by atoms with Crippen LogP contribution in [0.5, 0.6) is 5.75 Å². The first-order valence-electron chi connectivity index (χ1n) is 6.23. The molecular weight excluding hydrogens is 284 g/mol. The summed E-state index contributed by atoms with van der Waals surface area (Å²) in [6.45, 7) is 4.56. The van der Waals surface area contributed by atoms with Crippen molar-refractivity contribution in [3.63, 3.8) is 0 Å². The molecule has 0 atom stereocenters. The van der Waals surface area contributed by atoms with Gasteiger partial charge in [-0.05, 0) is 18.4 Å². The molecule has 1 aromatic carbocycles. The van der Waals surface area contributed by atoms with E-state index in [4.69, 9.17) is 16.3 Å². The Kier molecular flexibility index (Phi) is 6.24. The molecule has 0 aliphatic rings. The number of carbonyl (C=O) groups excluding carboxylic acids is 1. The highest BCUT2D eigenvalue weighted by molar-refractivity contribution is 6.32. The van der Waals surface area contributed by atoms with Crippen molar-refractivity contribution in [3.8, 4) is 5.75 Å². The Morgan fingerprint density at radius 2 is 2.20 bits per heavy atom. The SMILES string of the molecule is CC(C)CCNC(=O)COc1ccc([N+](=O)[O-])cc1Cl. The molecule has 0 saturated heterocycles. The summed E-state index contributed by atoms with van der Waals surface area (Å²) >= 11 is 5.84. The molecule has 0 radical (unpaired) electrons. The summed E-state index contributed by atoms with van der Waals surface area (Å²) in [6, 6.07) is 3.84. The number of nitrogens with one attached hydrogen (secondary N) is 1. The van der Waals surface area contributed by atoms with Gasteiger partial charge in [0, 0.05) is 18.7 Å². The van der Waals surface area contributed by atoms with Gasteiger partial charge in [-0.2, -0.15) is 0 Å². The largest absolute Gasteiger partial charge is 0.482 e. The highest BCUT2D eigenvalue weighted by Gasteiger charge is 2.11. The maximum absolute atomic E-state index is 11.5. The minimum Gasteiger partial charge on any atom is -0.482 e. The Labute approximate surface area is 122 Å². The number of non-ortho nitro benzene ring substituents is 1. The van der Waals surface area contributed by atoms with Gasteiger partial charge in [-0.1, -0.05) is 25.4 Å². The van der Waals surface area contributed by atoms with Crippen molar-refractivity contribution in [2.45, 2.75) is 20.3 Å². The Morgan fingerprint density at radius 1 is 1.50 bits per heavy atom. The lowest BCUT2D eigenvalue weighted by molar-refractivity contribution is -0.384. The van der Waals surface area contributed by atoms with E-state index in [0.29, 0.717) is 12.5 Å². The summed E-state index contributed by atoms with van der Waals surface area (Å²) in [5.74, 6) is 0.511. The average molecular weight is 301 g/mol. The van der Waals surface area contributed by atoms with E-state index in [9.17, 15) is 14.9 Å². The van der Waals surface area contributed by atoms with Gasteiger partial charge in [-0.3, -0.25) is 14.9 Å². The first-order chi connectivity index (χ1) is 9.40. The lowest BCUT2D eigenvalue weighted by atomic mass is 10.1. The van der Waals surface area contributed by atoms with Crippen LogP contribution in [0.3, 0.4) is 0 Å². The van der Waals surface area contributed by atoms with Crippen LogP contribution in [0, 0.1) is 16.0 Å². The molecule has 20 heavy (non-hydrogen) atoms. The van der Waals surface area contributed by atoms with E-state index in [-0.39, 0.29) is 29.0 Å². The van der Waals surface area contributed by atoms with Gasteiger partial charge in [-0.15, -0.1) is 0 Å². The van der Waals surface area contributed by atoms with Crippen molar-refractivity contribution in [2.24, 2.45) is 5.92 Å². The Bertz CT molecular complexity index is 491. The molecule has 0 bridgehead atoms. The molecule has 7 heteroatoms. The summed E-state index contributed by atoms with van der Waals surface area (Å²) < 4.78 is 5.22. The van der Waals surface area contributed by atoms with Crippen molar-refractivity contribution in [3.05, 3.63) is 33.3 Å². The van der Waals surface area contributed by atoms with Gasteiger partial charge in [0.05, 0.1) is 9.95 Å². The smallest absolute Gasteiger partial charge is 0.271 e. The number of hydrogen-bond donors (Lipinski definition) is 1. The maximum atomic E-state index is 11.5. The Hall–Kier alpha value is -1.82. The molecule has 0 aliphatic carbocycles. The molecule has 0 aromatic heterocycles. The lowest BCUT2D eigenvalue weighted by Gasteiger charge is -2.09. The minimum atomic E-state index is -0.547. The fourth-order valence-electron chi connectivity index (χ4n) is 1.41. The van der Waals surface area contributed by atoms with Crippen LogP contribution in [0.1, 0.15) is 20.3 Å². The van der Waals surface area contributed by atoms with Crippen molar-refractivity contribution in [1.29, 1.82) is 0 Å². The van der Waals surface area contributed by atoms with Crippen molar-refractivity contribution >= 4 is 23.2 Å². The predicted octanol–water partition coefficient (Wildman–Crippen LogP) is 2.79. The van der Waals surface area contributed by atoms with Crippen molar-refractivity contribution < 1.29 is 14.5 Å². The number of nitro benzene ring substituents is 1. The molecule has 0 aliphatic heterocycles. The van der Waals surface area contributed by atoms with Crippen LogP contribution in [0.2, 0.25) is 5.02 Å². The van der Waals surface area contributed by atoms with Crippen LogP contribution >= 0.6 is 11.6 Å². The quantitative estimate of drug-likeness (QED) is 0.620. The van der Waals surface area contributed by atoms with E-state index < -0.39 is 4.92 Å². The van der Waals surface area contributed by atoms with Gasteiger partial charge >= 0.3 is 0 Å². The summed E-state index contributed by atoms with van der Waals surface area (Å²) in [5, 5.41) is 13.4. The van der Waals surface area contributed by atoms with E-state index in [2.05, 4.69) is 19.2 Å². The minimum absolute atomic E-state index is 0.106. The zero-order valence-electron chi connectivity index (χ0n) is 11.4. The molecule has 1 N–H and O–H groups in total. The topological polar surface area (TPSA) is 81.5 Å². The first-order valence-corrected chi connectivity index (χ1v) is 6.61. The summed E-state index contributed by atoms with van der Waals surface area (Å²) in [6.07, 6.45) is 0.893. The summed E-state index contributed by atoms with van der Waals surface area (Å²) in [4.78, 5) is 21.5. The number of ether oxygens (including phenoxy) is 1. The zero-order valence-corrected chi connectivity index (χ0v) is 12.1. The van der Waals surface area contributed by atoms with Gasteiger partial charge in [0.25, 0.3) is 11.6 Å². The number of nitrogens with zero attached hydrogens (tertiary/aromatic N) is 1. The molecule has 0 fully saturated rings. The second kappa shape index (κ2) is 7.69. The summed E-state index contributed by atoms with van der Waals surface area (Å²) in [7, 11) is 0. The Balaban J connectivity index is 2.45. The van der Waals surface area contributed by atoms with E-state index in [0.717, 1.165) is 6.42 Å². The number of rotatable bonds is 7. The van der Waals surface area contributed by atoms with E-state index >= 15 is 0 Å². The lowest BCUT2D eigenvalue weighted by Crippen LogP contribution is -2.30.